The molecule has 0 aliphatic heterocycles. The maximum Gasteiger partial charge on any atom is 0.162 e. The molecule has 0 aliphatic carbocycles. The third-order valence-corrected chi connectivity index (χ3v) is 7.57. The van der Waals surface area contributed by atoms with Gasteiger partial charge < -0.3 is 0 Å². The summed E-state index contributed by atoms with van der Waals surface area (Å²) in [7, 11) is 0. The van der Waals surface area contributed by atoms with Crippen molar-refractivity contribution in [3.05, 3.63) is 140 Å². The summed E-state index contributed by atoms with van der Waals surface area (Å²) in [6.07, 6.45) is 0. The van der Waals surface area contributed by atoms with Gasteiger partial charge in [-0.15, -0.1) is 0 Å². The summed E-state index contributed by atoms with van der Waals surface area (Å²) in [5.74, 6) is 1.61. The maximum absolute atomic E-state index is 5.28. The van der Waals surface area contributed by atoms with Crippen LogP contribution in [0.15, 0.2) is 140 Å². The molecule has 0 atom stereocenters. The van der Waals surface area contributed by atoms with Crippen molar-refractivity contribution in [2.75, 3.05) is 0 Å². The molecule has 6 aromatic carbocycles. The van der Waals surface area contributed by atoms with Gasteiger partial charge in [-0.25, -0.2) is 9.97 Å². The first-order valence-corrected chi connectivity index (χ1v) is 13.2. The number of fused-ring (bicyclic) bond motifs is 5. The number of para-hydroxylation sites is 1. The highest BCUT2D eigenvalue weighted by molar-refractivity contribution is 6.14. The van der Waals surface area contributed by atoms with E-state index < -0.39 is 0 Å². The molecule has 0 fully saturated rings. The molecule has 2 heterocycles. The van der Waals surface area contributed by atoms with Crippen molar-refractivity contribution in [3.63, 3.8) is 0 Å². The molecule has 39 heavy (non-hydrogen) atoms. The van der Waals surface area contributed by atoms with Crippen molar-refractivity contribution in [3.8, 4) is 28.3 Å². The third kappa shape index (κ3) is 3.52. The lowest BCUT2D eigenvalue weighted by Gasteiger charge is -2.14. The van der Waals surface area contributed by atoms with Gasteiger partial charge in [0, 0.05) is 21.7 Å². The summed E-state index contributed by atoms with van der Waals surface area (Å²) >= 11 is 0. The van der Waals surface area contributed by atoms with Crippen molar-refractivity contribution >= 4 is 43.5 Å². The van der Waals surface area contributed by atoms with E-state index in [1.165, 1.54) is 27.1 Å². The van der Waals surface area contributed by atoms with Crippen molar-refractivity contribution < 1.29 is 0 Å². The van der Waals surface area contributed by atoms with Gasteiger partial charge in [-0.2, -0.15) is 0 Å². The van der Waals surface area contributed by atoms with Gasteiger partial charge in [-0.05, 0) is 52.2 Å². The number of hydrogen-bond donors (Lipinski definition) is 0. The van der Waals surface area contributed by atoms with Gasteiger partial charge in [0.2, 0.25) is 0 Å². The Bertz CT molecular complexity index is 2160. The van der Waals surface area contributed by atoms with E-state index in [4.69, 9.17) is 9.97 Å². The Morgan fingerprint density at radius 2 is 1.08 bits per heavy atom. The molecule has 0 amide bonds. The maximum atomic E-state index is 5.28. The fourth-order valence-corrected chi connectivity index (χ4v) is 5.69. The van der Waals surface area contributed by atoms with Crippen molar-refractivity contribution in [1.29, 1.82) is 0 Å². The van der Waals surface area contributed by atoms with E-state index in [9.17, 15) is 0 Å². The zero-order chi connectivity index (χ0) is 25.8. The van der Waals surface area contributed by atoms with E-state index in [-0.39, 0.29) is 0 Å². The number of hydrogen-bond acceptors (Lipinski definition) is 2. The van der Waals surface area contributed by atoms with E-state index in [1.807, 2.05) is 24.3 Å². The van der Waals surface area contributed by atoms with Gasteiger partial charge in [0.05, 0.1) is 16.6 Å². The highest BCUT2D eigenvalue weighted by atomic mass is 15.1. The lowest BCUT2D eigenvalue weighted by Crippen LogP contribution is -2.03. The van der Waals surface area contributed by atoms with E-state index >= 15 is 0 Å². The second-order valence-electron chi connectivity index (χ2n) is 9.90. The second kappa shape index (κ2) is 8.64. The van der Waals surface area contributed by atoms with E-state index in [0.29, 0.717) is 0 Å². The van der Waals surface area contributed by atoms with Gasteiger partial charge in [0.15, 0.2) is 5.82 Å². The highest BCUT2D eigenvalue weighted by Gasteiger charge is 2.18. The van der Waals surface area contributed by atoms with Crippen LogP contribution >= 0.6 is 0 Å². The van der Waals surface area contributed by atoms with Crippen LogP contribution in [-0.2, 0) is 0 Å². The van der Waals surface area contributed by atoms with E-state index in [0.717, 1.165) is 44.7 Å². The number of aromatic nitrogens is 3. The van der Waals surface area contributed by atoms with Crippen LogP contribution in [0.5, 0.6) is 0 Å². The van der Waals surface area contributed by atoms with Gasteiger partial charge >= 0.3 is 0 Å². The summed E-state index contributed by atoms with van der Waals surface area (Å²) in [5, 5.41) is 5.89. The molecule has 0 radical (unpaired) electrons. The fraction of sp³-hybridized carbons (Fsp3) is 0. The van der Waals surface area contributed by atoms with Crippen molar-refractivity contribution in [2.45, 2.75) is 0 Å². The zero-order valence-corrected chi connectivity index (χ0v) is 21.1. The number of rotatable bonds is 3. The van der Waals surface area contributed by atoms with E-state index in [1.54, 1.807) is 0 Å². The smallest absolute Gasteiger partial charge is 0.162 e. The first-order valence-electron chi connectivity index (χ1n) is 13.2. The number of nitrogens with zero attached hydrogens (tertiary/aromatic N) is 3. The highest BCUT2D eigenvalue weighted by Crippen LogP contribution is 2.37. The Hall–Kier alpha value is -5.28. The molecule has 8 aromatic rings. The van der Waals surface area contributed by atoms with E-state index in [2.05, 4.69) is 120 Å². The van der Waals surface area contributed by atoms with Crippen LogP contribution in [0, 0.1) is 0 Å². The average molecular weight is 498 g/mol. The zero-order valence-electron chi connectivity index (χ0n) is 21.1. The van der Waals surface area contributed by atoms with Gasteiger partial charge in [-0.1, -0.05) is 109 Å². The Kier molecular flexibility index (Phi) is 4.82. The predicted octanol–water partition coefficient (Wildman–Crippen LogP) is 9.21. The molecule has 0 N–H and O–H groups in total. The number of benzene rings is 6. The summed E-state index contributed by atoms with van der Waals surface area (Å²) in [6.45, 7) is 0. The quantitative estimate of drug-likeness (QED) is 0.244. The first-order chi connectivity index (χ1) is 19.3. The molecular weight excluding hydrogens is 474 g/mol. The monoisotopic (exact) mass is 497 g/mol. The Balaban J connectivity index is 1.52. The van der Waals surface area contributed by atoms with Gasteiger partial charge in [0.1, 0.15) is 5.82 Å². The molecule has 0 unspecified atom stereocenters. The van der Waals surface area contributed by atoms with Crippen molar-refractivity contribution in [1.82, 2.24) is 14.5 Å². The van der Waals surface area contributed by atoms with Crippen molar-refractivity contribution in [2.24, 2.45) is 0 Å². The molecule has 8 rings (SSSR count). The van der Waals surface area contributed by atoms with Crippen LogP contribution < -0.4 is 0 Å². The lowest BCUT2D eigenvalue weighted by molar-refractivity contribution is 1.08. The minimum atomic E-state index is 0.720. The molecule has 3 nitrogen and oxygen atoms in total. The topological polar surface area (TPSA) is 30.7 Å². The van der Waals surface area contributed by atoms with Crippen LogP contribution in [0.1, 0.15) is 0 Å². The molecule has 182 valence electrons. The normalized spacial score (nSPS) is 11.6. The molecule has 0 bridgehead atoms. The lowest BCUT2D eigenvalue weighted by atomic mass is 10.0. The molecule has 0 spiro atoms. The Morgan fingerprint density at radius 1 is 0.410 bits per heavy atom. The summed E-state index contributed by atoms with van der Waals surface area (Å²) in [4.78, 5) is 10.3. The predicted molar refractivity (Wildman–Crippen MR) is 162 cm³/mol. The first kappa shape index (κ1) is 21.8. The minimum absolute atomic E-state index is 0.720. The summed E-state index contributed by atoms with van der Waals surface area (Å²) < 4.78 is 2.32. The summed E-state index contributed by atoms with van der Waals surface area (Å²) in [6, 6.07) is 49.0. The Labute approximate surface area is 225 Å². The largest absolute Gasteiger partial charge is 0.293 e. The second-order valence-corrected chi connectivity index (χ2v) is 9.90. The fourth-order valence-electron chi connectivity index (χ4n) is 5.69. The standard InChI is InChI=1S/C36H23N3/c1-3-11-24(12-4-1)28-19-20-32-31(22-28)36(38-35(37-32)25-13-5-2-6-14-25)39-33-18-10-9-17-29(33)30-21-26-15-7-8-16-27(26)23-34(30)39/h1-23H. The van der Waals surface area contributed by atoms with Gasteiger partial charge in [-0.3, -0.25) is 4.57 Å². The SMILES string of the molecule is c1ccc(-c2ccc3nc(-c4ccccc4)nc(-n4c5ccccc5c5cc6ccccc6cc54)c3c2)cc1. The Morgan fingerprint density at radius 3 is 1.87 bits per heavy atom. The van der Waals surface area contributed by atoms with Gasteiger partial charge in [0.25, 0.3) is 0 Å². The van der Waals surface area contributed by atoms with Crippen LogP contribution in [0.4, 0.5) is 0 Å². The summed E-state index contributed by atoms with van der Waals surface area (Å²) in [5.41, 5.74) is 6.51. The van der Waals surface area contributed by atoms with Crippen LogP contribution in [-0.4, -0.2) is 14.5 Å². The van der Waals surface area contributed by atoms with Crippen LogP contribution in [0.3, 0.4) is 0 Å². The molecular formula is C36H23N3. The van der Waals surface area contributed by atoms with Crippen LogP contribution in [0.25, 0.3) is 71.8 Å². The molecule has 2 aromatic heterocycles. The molecule has 0 saturated heterocycles. The van der Waals surface area contributed by atoms with Crippen LogP contribution in [0.2, 0.25) is 0 Å². The molecule has 0 aliphatic rings. The molecule has 0 saturated carbocycles. The third-order valence-electron chi connectivity index (χ3n) is 7.57. The molecule has 3 heteroatoms. The average Bonchev–Trinajstić information content (AvgIpc) is 3.33. The minimum Gasteiger partial charge on any atom is -0.293 e.